The van der Waals surface area contributed by atoms with E-state index in [2.05, 4.69) is 49.0 Å². The summed E-state index contributed by atoms with van der Waals surface area (Å²) in [5, 5.41) is 8.38. The fraction of sp³-hybridized carbons (Fsp3) is 0.0526. The van der Waals surface area contributed by atoms with Gasteiger partial charge in [0.25, 0.3) is 0 Å². The van der Waals surface area contributed by atoms with Gasteiger partial charge in [0.1, 0.15) is 0 Å². The lowest BCUT2D eigenvalue weighted by atomic mass is 9.91. The van der Waals surface area contributed by atoms with Gasteiger partial charge in [-0.15, -0.1) is 6.58 Å². The summed E-state index contributed by atoms with van der Waals surface area (Å²) in [5.74, 6) is 0. The zero-order chi connectivity index (χ0) is 13.7. The largest absolute Gasteiger partial charge is 0.103 e. The molecule has 0 radical (unpaired) electrons. The van der Waals surface area contributed by atoms with E-state index in [0.29, 0.717) is 0 Å². The Morgan fingerprint density at radius 1 is 0.800 bits per heavy atom. The molecule has 0 unspecified atom stereocenters. The van der Waals surface area contributed by atoms with Crippen molar-refractivity contribution >= 4 is 43.9 Å². The van der Waals surface area contributed by atoms with E-state index in [-0.39, 0.29) is 0 Å². The van der Waals surface area contributed by atoms with Gasteiger partial charge in [-0.2, -0.15) is 0 Å². The highest BCUT2D eigenvalue weighted by Gasteiger charge is 2.11. The second-order valence-electron chi connectivity index (χ2n) is 5.19. The Hall–Kier alpha value is -2.05. The Bertz CT molecular complexity index is 950. The van der Waals surface area contributed by atoms with Crippen LogP contribution in [-0.4, -0.2) is 0 Å². The van der Waals surface area contributed by atoms with Gasteiger partial charge in [0, 0.05) is 10.4 Å². The van der Waals surface area contributed by atoms with Crippen LogP contribution in [0.5, 0.6) is 0 Å². The summed E-state index contributed by atoms with van der Waals surface area (Å²) >= 11 is 6.37. The summed E-state index contributed by atoms with van der Waals surface area (Å²) in [4.78, 5) is 0. The maximum atomic E-state index is 6.37. The van der Waals surface area contributed by atoms with E-state index in [1.54, 1.807) is 0 Å². The summed E-state index contributed by atoms with van der Waals surface area (Å²) in [6.45, 7) is 3.86. The second kappa shape index (κ2) is 4.22. The Morgan fingerprint density at radius 2 is 1.40 bits per heavy atom. The van der Waals surface area contributed by atoms with Gasteiger partial charge in [-0.25, -0.2) is 0 Å². The molecule has 0 spiro atoms. The van der Waals surface area contributed by atoms with Crippen LogP contribution in [0.2, 0.25) is 5.02 Å². The van der Waals surface area contributed by atoms with Crippen molar-refractivity contribution in [2.75, 3.05) is 0 Å². The SMILES string of the molecule is C=CCc1ccc2ccc3ccc(Cl)c4ccc1c2c34. The van der Waals surface area contributed by atoms with Gasteiger partial charge in [0.05, 0.1) is 0 Å². The summed E-state index contributed by atoms with van der Waals surface area (Å²) < 4.78 is 0. The summed E-state index contributed by atoms with van der Waals surface area (Å²) in [7, 11) is 0. The maximum absolute atomic E-state index is 6.37. The van der Waals surface area contributed by atoms with Gasteiger partial charge in [-0.1, -0.05) is 60.1 Å². The average Bonchev–Trinajstić information content (AvgIpc) is 2.48. The smallest absolute Gasteiger partial charge is 0.0485 e. The molecule has 0 fully saturated rings. The molecule has 0 amide bonds. The van der Waals surface area contributed by atoms with Crippen molar-refractivity contribution in [3.05, 3.63) is 71.8 Å². The number of hydrogen-bond donors (Lipinski definition) is 0. The minimum absolute atomic E-state index is 0.820. The molecule has 20 heavy (non-hydrogen) atoms. The number of allylic oxidation sites excluding steroid dienone is 1. The quantitative estimate of drug-likeness (QED) is 0.313. The van der Waals surface area contributed by atoms with E-state index >= 15 is 0 Å². The molecule has 0 nitrogen and oxygen atoms in total. The molecule has 0 N–H and O–H groups in total. The Balaban J connectivity index is 2.31. The highest BCUT2D eigenvalue weighted by molar-refractivity contribution is 6.38. The Kier molecular flexibility index (Phi) is 2.48. The first kappa shape index (κ1) is 11.7. The van der Waals surface area contributed by atoms with Crippen molar-refractivity contribution in [1.82, 2.24) is 0 Å². The number of benzene rings is 4. The zero-order valence-electron chi connectivity index (χ0n) is 11.0. The van der Waals surface area contributed by atoms with Crippen molar-refractivity contribution in [2.24, 2.45) is 0 Å². The van der Waals surface area contributed by atoms with Gasteiger partial charge in [-0.05, 0) is 45.0 Å². The van der Waals surface area contributed by atoms with Crippen LogP contribution in [-0.2, 0) is 6.42 Å². The van der Waals surface area contributed by atoms with Crippen LogP contribution in [0, 0.1) is 0 Å². The van der Waals surface area contributed by atoms with Crippen molar-refractivity contribution in [1.29, 1.82) is 0 Å². The maximum Gasteiger partial charge on any atom is 0.0485 e. The lowest BCUT2D eigenvalue weighted by Crippen LogP contribution is -1.89. The molecule has 1 heteroatoms. The molecule has 0 saturated heterocycles. The van der Waals surface area contributed by atoms with Crippen molar-refractivity contribution in [3.8, 4) is 0 Å². The zero-order valence-corrected chi connectivity index (χ0v) is 11.7. The first-order chi connectivity index (χ1) is 9.79. The van der Waals surface area contributed by atoms with Crippen LogP contribution >= 0.6 is 11.6 Å². The lowest BCUT2D eigenvalue weighted by molar-refractivity contribution is 1.31. The molecule has 0 saturated carbocycles. The second-order valence-corrected chi connectivity index (χ2v) is 5.59. The topological polar surface area (TPSA) is 0 Å². The molecule has 4 rings (SSSR count). The van der Waals surface area contributed by atoms with Gasteiger partial charge in [0.15, 0.2) is 0 Å². The Morgan fingerprint density at radius 3 is 2.15 bits per heavy atom. The minimum atomic E-state index is 0.820. The average molecular weight is 277 g/mol. The van der Waals surface area contributed by atoms with Gasteiger partial charge < -0.3 is 0 Å². The van der Waals surface area contributed by atoms with Crippen LogP contribution in [0.3, 0.4) is 0 Å². The molecule has 0 heterocycles. The van der Waals surface area contributed by atoms with E-state index in [1.807, 2.05) is 12.1 Å². The first-order valence-electron chi connectivity index (χ1n) is 6.75. The van der Waals surface area contributed by atoms with Gasteiger partial charge in [0.2, 0.25) is 0 Å². The molecule has 0 atom stereocenters. The molecule has 0 aromatic heterocycles. The van der Waals surface area contributed by atoms with E-state index in [9.17, 15) is 0 Å². The van der Waals surface area contributed by atoms with Gasteiger partial charge >= 0.3 is 0 Å². The fourth-order valence-corrected chi connectivity index (χ4v) is 3.38. The molecular formula is C19H13Cl. The molecule has 0 aliphatic heterocycles. The molecule has 0 aliphatic carbocycles. The van der Waals surface area contributed by atoms with Crippen LogP contribution in [0.4, 0.5) is 0 Å². The molecule has 4 aromatic rings. The molecular weight excluding hydrogens is 264 g/mol. The monoisotopic (exact) mass is 276 g/mol. The van der Waals surface area contributed by atoms with Crippen LogP contribution in [0.1, 0.15) is 5.56 Å². The van der Waals surface area contributed by atoms with E-state index in [4.69, 9.17) is 11.6 Å². The third kappa shape index (κ3) is 1.49. The summed E-state index contributed by atoms with van der Waals surface area (Å²) in [6, 6.07) is 17.2. The fourth-order valence-electron chi connectivity index (χ4n) is 3.16. The standard InChI is InChI=1S/C19H13Cl/c1-2-3-12-4-5-13-6-7-14-8-11-17(20)16-10-9-15(12)18(13)19(14)16/h2,4-11H,1,3H2. The molecule has 96 valence electrons. The molecule has 4 aromatic carbocycles. The Labute approximate surface area is 122 Å². The summed E-state index contributed by atoms with van der Waals surface area (Å²) in [5.41, 5.74) is 1.32. The molecule has 0 bridgehead atoms. The van der Waals surface area contributed by atoms with Crippen LogP contribution in [0.25, 0.3) is 32.3 Å². The number of rotatable bonds is 2. The number of halogens is 1. The van der Waals surface area contributed by atoms with E-state index in [1.165, 1.54) is 32.5 Å². The van der Waals surface area contributed by atoms with Crippen LogP contribution < -0.4 is 0 Å². The van der Waals surface area contributed by atoms with Crippen molar-refractivity contribution in [2.45, 2.75) is 6.42 Å². The van der Waals surface area contributed by atoms with E-state index in [0.717, 1.165) is 16.8 Å². The normalized spacial score (nSPS) is 11.7. The summed E-state index contributed by atoms with van der Waals surface area (Å²) in [6.07, 6.45) is 2.85. The minimum Gasteiger partial charge on any atom is -0.103 e. The third-order valence-corrected chi connectivity index (χ3v) is 4.40. The first-order valence-corrected chi connectivity index (χ1v) is 7.13. The highest BCUT2D eigenvalue weighted by Crippen LogP contribution is 2.38. The number of hydrogen-bond acceptors (Lipinski definition) is 0. The lowest BCUT2D eigenvalue weighted by Gasteiger charge is -2.13. The van der Waals surface area contributed by atoms with Crippen LogP contribution in [0.15, 0.2) is 61.2 Å². The highest BCUT2D eigenvalue weighted by atomic mass is 35.5. The van der Waals surface area contributed by atoms with Gasteiger partial charge in [-0.3, -0.25) is 0 Å². The van der Waals surface area contributed by atoms with E-state index < -0.39 is 0 Å². The predicted octanol–water partition coefficient (Wildman–Crippen LogP) is 5.97. The molecule has 0 aliphatic rings. The third-order valence-electron chi connectivity index (χ3n) is 4.07. The van der Waals surface area contributed by atoms with Crippen molar-refractivity contribution < 1.29 is 0 Å². The predicted molar refractivity (Wildman–Crippen MR) is 89.1 cm³/mol. The van der Waals surface area contributed by atoms with Crippen molar-refractivity contribution in [3.63, 3.8) is 0 Å².